The number of aromatic nitrogens is 3. The Hall–Kier alpha value is -2.51. The van der Waals surface area contributed by atoms with E-state index in [4.69, 9.17) is 5.73 Å². The van der Waals surface area contributed by atoms with Crippen LogP contribution in [0.3, 0.4) is 0 Å². The van der Waals surface area contributed by atoms with Crippen LogP contribution in [0.2, 0.25) is 0 Å². The number of carbonyl (C=O) groups excluding carboxylic acids is 1. The molecule has 0 spiro atoms. The first-order valence-electron chi connectivity index (χ1n) is 6.20. The van der Waals surface area contributed by atoms with Crippen molar-refractivity contribution in [2.75, 3.05) is 0 Å². The zero-order valence-electron chi connectivity index (χ0n) is 10.9. The van der Waals surface area contributed by atoms with Gasteiger partial charge in [-0.15, -0.1) is 16.4 Å². The van der Waals surface area contributed by atoms with Crippen LogP contribution < -0.4 is 5.73 Å². The van der Waals surface area contributed by atoms with E-state index in [0.29, 0.717) is 11.3 Å². The molecule has 2 heterocycles. The summed E-state index contributed by atoms with van der Waals surface area (Å²) in [5.41, 5.74) is 7.67. The number of nitrogens with two attached hydrogens (primary N) is 1. The molecule has 1 aromatic carbocycles. The second-order valence-electron chi connectivity index (χ2n) is 4.34. The van der Waals surface area contributed by atoms with Crippen molar-refractivity contribution in [3.63, 3.8) is 0 Å². The Balaban J connectivity index is 2.10. The van der Waals surface area contributed by atoms with E-state index in [1.807, 2.05) is 17.5 Å². The van der Waals surface area contributed by atoms with Crippen molar-refractivity contribution >= 4 is 17.2 Å². The van der Waals surface area contributed by atoms with Crippen molar-refractivity contribution < 1.29 is 9.90 Å². The van der Waals surface area contributed by atoms with Gasteiger partial charge in [0.05, 0.1) is 17.2 Å². The molecule has 1 amide bonds. The number of benzene rings is 1. The zero-order chi connectivity index (χ0) is 14.8. The maximum atomic E-state index is 11.1. The number of thiophene rings is 1. The standard InChI is InChI=1S/C14H12N4O2S/c15-14(20)9-3-5-10(6-4-9)18-13(11(8-19)16-17-18)12-2-1-7-21-12/h1-7,19H,8H2,(H2,15,20). The van der Waals surface area contributed by atoms with Crippen LogP contribution in [0, 0.1) is 0 Å². The van der Waals surface area contributed by atoms with Gasteiger partial charge in [0, 0.05) is 5.56 Å². The predicted octanol–water partition coefficient (Wildman–Crippen LogP) is 1.59. The molecule has 2 aromatic heterocycles. The molecule has 6 nitrogen and oxygen atoms in total. The summed E-state index contributed by atoms with van der Waals surface area (Å²) in [4.78, 5) is 12.1. The van der Waals surface area contributed by atoms with Gasteiger partial charge in [-0.1, -0.05) is 11.3 Å². The Kier molecular flexibility index (Phi) is 3.51. The van der Waals surface area contributed by atoms with E-state index in [2.05, 4.69) is 10.3 Å². The van der Waals surface area contributed by atoms with Crippen LogP contribution in [0.1, 0.15) is 16.1 Å². The molecule has 0 aliphatic heterocycles. The topological polar surface area (TPSA) is 94.0 Å². The van der Waals surface area contributed by atoms with Crippen LogP contribution in [0.15, 0.2) is 41.8 Å². The normalized spacial score (nSPS) is 10.7. The fraction of sp³-hybridized carbons (Fsp3) is 0.0714. The van der Waals surface area contributed by atoms with E-state index >= 15 is 0 Å². The van der Waals surface area contributed by atoms with Crippen molar-refractivity contribution in [2.45, 2.75) is 6.61 Å². The van der Waals surface area contributed by atoms with Gasteiger partial charge in [-0.2, -0.15) is 0 Å². The summed E-state index contributed by atoms with van der Waals surface area (Å²) in [6.45, 7) is -0.188. The fourth-order valence-corrected chi connectivity index (χ4v) is 2.80. The highest BCUT2D eigenvalue weighted by atomic mass is 32.1. The Labute approximate surface area is 124 Å². The summed E-state index contributed by atoms with van der Waals surface area (Å²) in [5, 5.41) is 19.5. The summed E-state index contributed by atoms with van der Waals surface area (Å²) < 4.78 is 1.64. The first-order chi connectivity index (χ1) is 10.2. The predicted molar refractivity (Wildman–Crippen MR) is 79.1 cm³/mol. The maximum absolute atomic E-state index is 11.1. The number of hydrogen-bond acceptors (Lipinski definition) is 5. The monoisotopic (exact) mass is 300 g/mol. The second kappa shape index (κ2) is 5.47. The third-order valence-electron chi connectivity index (χ3n) is 3.04. The molecular weight excluding hydrogens is 288 g/mol. The minimum Gasteiger partial charge on any atom is -0.390 e. The number of hydrogen-bond donors (Lipinski definition) is 2. The Morgan fingerprint density at radius 1 is 1.29 bits per heavy atom. The molecular formula is C14H12N4O2S. The van der Waals surface area contributed by atoms with Crippen LogP contribution in [0.25, 0.3) is 16.3 Å². The van der Waals surface area contributed by atoms with Crippen LogP contribution in [0.4, 0.5) is 0 Å². The maximum Gasteiger partial charge on any atom is 0.248 e. The van der Waals surface area contributed by atoms with E-state index in [1.165, 1.54) is 0 Å². The first kappa shape index (κ1) is 13.5. The number of aliphatic hydroxyl groups excluding tert-OH is 1. The van der Waals surface area contributed by atoms with Gasteiger partial charge in [-0.3, -0.25) is 4.79 Å². The average molecular weight is 300 g/mol. The molecule has 3 aromatic rings. The third-order valence-corrected chi connectivity index (χ3v) is 3.92. The smallest absolute Gasteiger partial charge is 0.248 e. The number of rotatable bonds is 4. The lowest BCUT2D eigenvalue weighted by Crippen LogP contribution is -2.10. The molecule has 0 saturated carbocycles. The lowest BCUT2D eigenvalue weighted by Gasteiger charge is -2.06. The molecule has 21 heavy (non-hydrogen) atoms. The Bertz CT molecular complexity index is 763. The van der Waals surface area contributed by atoms with Crippen molar-refractivity contribution in [1.29, 1.82) is 0 Å². The van der Waals surface area contributed by atoms with Crippen LogP contribution in [-0.2, 0) is 6.61 Å². The van der Waals surface area contributed by atoms with Crippen LogP contribution in [0.5, 0.6) is 0 Å². The number of aliphatic hydroxyl groups is 1. The Morgan fingerprint density at radius 3 is 2.62 bits per heavy atom. The minimum absolute atomic E-state index is 0.188. The summed E-state index contributed by atoms with van der Waals surface area (Å²) >= 11 is 1.54. The molecule has 3 rings (SSSR count). The molecule has 0 saturated heterocycles. The third kappa shape index (κ3) is 2.44. The van der Waals surface area contributed by atoms with E-state index in [0.717, 1.165) is 16.3 Å². The highest BCUT2D eigenvalue weighted by Crippen LogP contribution is 2.29. The molecule has 0 atom stereocenters. The van der Waals surface area contributed by atoms with Gasteiger partial charge in [0.15, 0.2) is 0 Å². The highest BCUT2D eigenvalue weighted by Gasteiger charge is 2.16. The summed E-state index contributed by atoms with van der Waals surface area (Å²) in [6, 6.07) is 10.6. The van der Waals surface area contributed by atoms with E-state index in [9.17, 15) is 9.90 Å². The summed E-state index contributed by atoms with van der Waals surface area (Å²) in [5.74, 6) is -0.477. The van der Waals surface area contributed by atoms with Crippen LogP contribution in [-0.4, -0.2) is 26.0 Å². The number of primary amides is 1. The zero-order valence-corrected chi connectivity index (χ0v) is 11.7. The quantitative estimate of drug-likeness (QED) is 0.765. The largest absolute Gasteiger partial charge is 0.390 e. The number of carbonyl (C=O) groups is 1. The van der Waals surface area contributed by atoms with Gasteiger partial charge in [-0.25, -0.2) is 4.68 Å². The SMILES string of the molecule is NC(=O)c1ccc(-n2nnc(CO)c2-c2cccs2)cc1. The lowest BCUT2D eigenvalue weighted by atomic mass is 10.2. The van der Waals surface area contributed by atoms with Crippen molar-refractivity contribution in [2.24, 2.45) is 5.73 Å². The van der Waals surface area contributed by atoms with Gasteiger partial charge in [0.2, 0.25) is 5.91 Å². The van der Waals surface area contributed by atoms with Crippen molar-refractivity contribution in [3.05, 3.63) is 53.0 Å². The fourth-order valence-electron chi connectivity index (χ4n) is 2.03. The molecule has 7 heteroatoms. The van der Waals surface area contributed by atoms with Gasteiger partial charge < -0.3 is 10.8 Å². The number of amides is 1. The molecule has 0 bridgehead atoms. The second-order valence-corrected chi connectivity index (χ2v) is 5.29. The molecule has 0 aliphatic carbocycles. The Morgan fingerprint density at radius 2 is 2.05 bits per heavy atom. The minimum atomic E-state index is -0.477. The molecule has 3 N–H and O–H groups in total. The molecule has 106 valence electrons. The molecule has 0 aliphatic rings. The first-order valence-corrected chi connectivity index (χ1v) is 7.08. The average Bonchev–Trinajstić information content (AvgIpc) is 3.15. The van der Waals surface area contributed by atoms with E-state index < -0.39 is 5.91 Å². The summed E-state index contributed by atoms with van der Waals surface area (Å²) in [6.07, 6.45) is 0. The van der Waals surface area contributed by atoms with Crippen LogP contribution >= 0.6 is 11.3 Å². The molecule has 0 fully saturated rings. The molecule has 0 unspecified atom stereocenters. The van der Waals surface area contributed by atoms with Gasteiger partial charge >= 0.3 is 0 Å². The van der Waals surface area contributed by atoms with Gasteiger partial charge in [-0.05, 0) is 35.7 Å². The van der Waals surface area contributed by atoms with Gasteiger partial charge in [0.25, 0.3) is 0 Å². The van der Waals surface area contributed by atoms with Gasteiger partial charge in [0.1, 0.15) is 11.4 Å². The highest BCUT2D eigenvalue weighted by molar-refractivity contribution is 7.13. The molecule has 0 radical (unpaired) electrons. The van der Waals surface area contributed by atoms with Crippen molar-refractivity contribution in [3.8, 4) is 16.3 Å². The van der Waals surface area contributed by atoms with E-state index in [1.54, 1.807) is 40.3 Å². The number of nitrogens with zero attached hydrogens (tertiary/aromatic N) is 3. The lowest BCUT2D eigenvalue weighted by molar-refractivity contribution is 0.100. The van der Waals surface area contributed by atoms with Crippen molar-refractivity contribution in [1.82, 2.24) is 15.0 Å². The van der Waals surface area contributed by atoms with E-state index in [-0.39, 0.29) is 6.61 Å². The summed E-state index contributed by atoms with van der Waals surface area (Å²) in [7, 11) is 0.